The summed E-state index contributed by atoms with van der Waals surface area (Å²) in [5.74, 6) is -1.14. The van der Waals surface area contributed by atoms with Gasteiger partial charge in [-0.15, -0.1) is 0 Å². The minimum atomic E-state index is -0.840. The van der Waals surface area contributed by atoms with Crippen molar-refractivity contribution in [2.75, 3.05) is 0 Å². The largest absolute Gasteiger partial charge is 0.305 e. The molecule has 0 N–H and O–H groups in total. The van der Waals surface area contributed by atoms with Crippen LogP contribution in [0.2, 0.25) is 0 Å². The molecule has 0 amide bonds. The van der Waals surface area contributed by atoms with Gasteiger partial charge in [-0.25, -0.2) is 0 Å². The molecule has 1 rings (SSSR count). The van der Waals surface area contributed by atoms with Crippen LogP contribution < -0.4 is 0 Å². The maximum atomic E-state index is 13.7. The lowest BCUT2D eigenvalue weighted by atomic mass is 9.95. The van der Waals surface area contributed by atoms with Crippen LogP contribution in [0.5, 0.6) is 0 Å². The zero-order valence-corrected chi connectivity index (χ0v) is 9.77. The molecule has 0 bridgehead atoms. The van der Waals surface area contributed by atoms with E-state index in [1.807, 2.05) is 0 Å². The molecular weight excluding hydrogens is 225 g/mol. The first-order valence-corrected chi connectivity index (χ1v) is 5.41. The van der Waals surface area contributed by atoms with Gasteiger partial charge in [0.05, 0.1) is 4.92 Å². The number of rotatable bonds is 5. The fraction of sp³-hybridized carbons (Fsp3) is 0.417. The van der Waals surface area contributed by atoms with Gasteiger partial charge in [0, 0.05) is 18.4 Å². The minimum absolute atomic E-state index is 0.0240. The molecule has 0 radical (unpaired) electrons. The summed E-state index contributed by atoms with van der Waals surface area (Å²) >= 11 is 0. The second-order valence-corrected chi connectivity index (χ2v) is 3.93. The van der Waals surface area contributed by atoms with Gasteiger partial charge in [-0.1, -0.05) is 26.0 Å². The van der Waals surface area contributed by atoms with E-state index >= 15 is 0 Å². The van der Waals surface area contributed by atoms with E-state index in [9.17, 15) is 19.3 Å². The average molecular weight is 239 g/mol. The van der Waals surface area contributed by atoms with Crippen LogP contribution in [0.1, 0.15) is 25.8 Å². The minimum Gasteiger partial charge on any atom is -0.299 e. The molecular formula is C12H14FNO3. The van der Waals surface area contributed by atoms with E-state index in [4.69, 9.17) is 0 Å². The zero-order valence-electron chi connectivity index (χ0n) is 9.77. The molecule has 0 heterocycles. The van der Waals surface area contributed by atoms with Gasteiger partial charge in [-0.05, 0) is 12.0 Å². The van der Waals surface area contributed by atoms with Gasteiger partial charge in [-0.3, -0.25) is 14.9 Å². The standard InChI is InChI=1S/C12H14FNO3/c1-3-11(15)8(2)7-9-5-4-6-10(12(9)13)14(16)17/h4-6,8H,3,7H2,1-2H3. The number of nitro groups is 1. The number of halogens is 1. The van der Waals surface area contributed by atoms with Gasteiger partial charge in [-0.2, -0.15) is 4.39 Å². The predicted octanol–water partition coefficient (Wildman–Crippen LogP) is 2.89. The summed E-state index contributed by atoms with van der Waals surface area (Å²) in [7, 11) is 0. The van der Waals surface area contributed by atoms with E-state index in [0.717, 1.165) is 6.07 Å². The van der Waals surface area contributed by atoms with Crippen molar-refractivity contribution < 1.29 is 14.1 Å². The highest BCUT2D eigenvalue weighted by atomic mass is 19.1. The van der Waals surface area contributed by atoms with Gasteiger partial charge in [0.15, 0.2) is 0 Å². The SMILES string of the molecule is CCC(=O)C(C)Cc1cccc([N+](=O)[O-])c1F. The molecule has 1 aromatic rings. The first-order chi connectivity index (χ1) is 7.97. The molecule has 1 atom stereocenters. The fourth-order valence-corrected chi connectivity index (χ4v) is 1.66. The summed E-state index contributed by atoms with van der Waals surface area (Å²) in [4.78, 5) is 21.2. The molecule has 0 aromatic heterocycles. The molecule has 17 heavy (non-hydrogen) atoms. The van der Waals surface area contributed by atoms with Gasteiger partial charge in [0.25, 0.3) is 0 Å². The molecule has 92 valence electrons. The average Bonchev–Trinajstić information content (AvgIpc) is 2.30. The molecule has 0 aliphatic carbocycles. The van der Waals surface area contributed by atoms with Crippen LogP contribution in [0.15, 0.2) is 18.2 Å². The first-order valence-electron chi connectivity index (χ1n) is 5.41. The topological polar surface area (TPSA) is 60.2 Å². The summed E-state index contributed by atoms with van der Waals surface area (Å²) in [6.07, 6.45) is 0.581. The van der Waals surface area contributed by atoms with E-state index in [1.165, 1.54) is 12.1 Å². The van der Waals surface area contributed by atoms with Gasteiger partial charge < -0.3 is 0 Å². The molecule has 1 aromatic carbocycles. The third-order valence-corrected chi connectivity index (χ3v) is 2.68. The maximum Gasteiger partial charge on any atom is 0.305 e. The summed E-state index contributed by atoms with van der Waals surface area (Å²) in [5, 5.41) is 10.5. The quantitative estimate of drug-likeness (QED) is 0.586. The number of ketones is 1. The lowest BCUT2D eigenvalue weighted by Crippen LogP contribution is -2.13. The van der Waals surface area contributed by atoms with Crippen molar-refractivity contribution >= 4 is 11.5 Å². The molecule has 5 heteroatoms. The highest BCUT2D eigenvalue weighted by Crippen LogP contribution is 2.22. The Labute approximate surface area is 98.6 Å². The van der Waals surface area contributed by atoms with Crippen LogP contribution in [0.3, 0.4) is 0 Å². The maximum absolute atomic E-state index is 13.7. The van der Waals surface area contributed by atoms with Crippen LogP contribution in [0.4, 0.5) is 10.1 Å². The van der Waals surface area contributed by atoms with Crippen molar-refractivity contribution in [1.82, 2.24) is 0 Å². The first kappa shape index (κ1) is 13.3. The second-order valence-electron chi connectivity index (χ2n) is 3.93. The number of nitro benzene ring substituents is 1. The monoisotopic (exact) mass is 239 g/mol. The molecule has 0 aliphatic heterocycles. The lowest BCUT2D eigenvalue weighted by Gasteiger charge is -2.09. The molecule has 0 fully saturated rings. The Morgan fingerprint density at radius 3 is 2.71 bits per heavy atom. The lowest BCUT2D eigenvalue weighted by molar-refractivity contribution is -0.387. The molecule has 1 unspecified atom stereocenters. The van der Waals surface area contributed by atoms with E-state index in [-0.39, 0.29) is 23.7 Å². The highest BCUT2D eigenvalue weighted by molar-refractivity contribution is 5.80. The van der Waals surface area contributed by atoms with Crippen molar-refractivity contribution in [3.05, 3.63) is 39.7 Å². The fourth-order valence-electron chi connectivity index (χ4n) is 1.66. The van der Waals surface area contributed by atoms with Crippen LogP contribution in [0.25, 0.3) is 0 Å². The van der Waals surface area contributed by atoms with Gasteiger partial charge in [0.2, 0.25) is 5.82 Å². The van der Waals surface area contributed by atoms with E-state index in [2.05, 4.69) is 0 Å². The second kappa shape index (κ2) is 5.52. The van der Waals surface area contributed by atoms with E-state index in [1.54, 1.807) is 13.8 Å². The van der Waals surface area contributed by atoms with Crippen LogP contribution in [-0.4, -0.2) is 10.7 Å². The van der Waals surface area contributed by atoms with Gasteiger partial charge >= 0.3 is 5.69 Å². The number of hydrogen-bond donors (Lipinski definition) is 0. The van der Waals surface area contributed by atoms with Crippen LogP contribution >= 0.6 is 0 Å². The Morgan fingerprint density at radius 1 is 1.53 bits per heavy atom. The van der Waals surface area contributed by atoms with Crippen molar-refractivity contribution in [3.63, 3.8) is 0 Å². The van der Waals surface area contributed by atoms with E-state index < -0.39 is 16.4 Å². The number of carbonyl (C=O) groups excluding carboxylic acids is 1. The Morgan fingerprint density at radius 2 is 2.18 bits per heavy atom. The van der Waals surface area contributed by atoms with Crippen molar-refractivity contribution in [2.24, 2.45) is 5.92 Å². The third-order valence-electron chi connectivity index (χ3n) is 2.68. The number of hydrogen-bond acceptors (Lipinski definition) is 3. The molecule has 0 saturated carbocycles. The molecule has 0 saturated heterocycles. The number of benzene rings is 1. The molecule has 0 spiro atoms. The van der Waals surface area contributed by atoms with Crippen molar-refractivity contribution in [3.8, 4) is 0 Å². The predicted molar refractivity (Wildman–Crippen MR) is 61.2 cm³/mol. The number of carbonyl (C=O) groups is 1. The third kappa shape index (κ3) is 3.09. The normalized spacial score (nSPS) is 12.2. The molecule has 0 aliphatic rings. The van der Waals surface area contributed by atoms with Crippen LogP contribution in [0, 0.1) is 21.8 Å². The highest BCUT2D eigenvalue weighted by Gasteiger charge is 2.20. The van der Waals surface area contributed by atoms with Crippen molar-refractivity contribution in [2.45, 2.75) is 26.7 Å². The summed E-state index contributed by atoms with van der Waals surface area (Å²) in [6, 6.07) is 4.02. The smallest absolute Gasteiger partial charge is 0.299 e. The Hall–Kier alpha value is -1.78. The molecule has 4 nitrogen and oxygen atoms in total. The van der Waals surface area contributed by atoms with Crippen LogP contribution in [-0.2, 0) is 11.2 Å². The zero-order chi connectivity index (χ0) is 13.0. The summed E-state index contributed by atoms with van der Waals surface area (Å²) in [6.45, 7) is 3.44. The summed E-state index contributed by atoms with van der Waals surface area (Å²) < 4.78 is 13.7. The summed E-state index contributed by atoms with van der Waals surface area (Å²) in [5.41, 5.74) is -0.327. The number of Topliss-reactive ketones (excluding diaryl/α,β-unsaturated/α-hetero) is 1. The number of nitrogens with zero attached hydrogens (tertiary/aromatic N) is 1. The van der Waals surface area contributed by atoms with E-state index in [0.29, 0.717) is 6.42 Å². The van der Waals surface area contributed by atoms with Crippen molar-refractivity contribution in [1.29, 1.82) is 0 Å². The Balaban J connectivity index is 2.96. The van der Waals surface area contributed by atoms with Gasteiger partial charge in [0.1, 0.15) is 5.78 Å². The Kier molecular flexibility index (Phi) is 4.31. The Bertz CT molecular complexity index is 445.